The second kappa shape index (κ2) is 6.61. The molecule has 3 nitrogen and oxygen atoms in total. The molecule has 2 N–H and O–H groups in total. The van der Waals surface area contributed by atoms with Crippen molar-refractivity contribution in [3.05, 3.63) is 71.1 Å². The molecular weight excluding hydrogens is 282 g/mol. The minimum atomic E-state index is 0.500. The molecule has 0 saturated carbocycles. The van der Waals surface area contributed by atoms with Gasteiger partial charge in [0.15, 0.2) is 0 Å². The monoisotopic (exact) mass is 303 g/mol. The van der Waals surface area contributed by atoms with Crippen LogP contribution in [0.2, 0.25) is 0 Å². The maximum absolute atomic E-state index is 6.04. The predicted octanol–water partition coefficient (Wildman–Crippen LogP) is 4.34. The van der Waals surface area contributed by atoms with Crippen molar-refractivity contribution in [3.8, 4) is 0 Å². The Kier molecular flexibility index (Phi) is 4.38. The van der Waals surface area contributed by atoms with E-state index in [-0.39, 0.29) is 0 Å². The maximum Gasteiger partial charge on any atom is 0.150 e. The number of nitrogens with two attached hydrogens (primary N) is 1. The Morgan fingerprint density at radius 3 is 2.57 bits per heavy atom. The van der Waals surface area contributed by atoms with Gasteiger partial charge in [-0.3, -0.25) is 4.98 Å². The summed E-state index contributed by atoms with van der Waals surface area (Å²) in [4.78, 5) is 8.96. The van der Waals surface area contributed by atoms with Crippen LogP contribution in [-0.2, 0) is 12.8 Å². The van der Waals surface area contributed by atoms with Crippen molar-refractivity contribution in [3.63, 3.8) is 0 Å². The van der Waals surface area contributed by atoms with E-state index in [0.29, 0.717) is 5.82 Å². The highest BCUT2D eigenvalue weighted by molar-refractivity contribution is 5.94. The van der Waals surface area contributed by atoms with Crippen molar-refractivity contribution in [2.45, 2.75) is 26.7 Å². The first-order chi connectivity index (χ1) is 11.2. The fourth-order valence-corrected chi connectivity index (χ4v) is 2.85. The van der Waals surface area contributed by atoms with Gasteiger partial charge in [-0.15, -0.1) is 0 Å². The van der Waals surface area contributed by atoms with Crippen LogP contribution in [0.5, 0.6) is 0 Å². The van der Waals surface area contributed by atoms with E-state index in [1.807, 2.05) is 32.2 Å². The number of benzene rings is 1. The third kappa shape index (κ3) is 3.24. The molecule has 0 bridgehead atoms. The smallest absolute Gasteiger partial charge is 0.150 e. The van der Waals surface area contributed by atoms with Gasteiger partial charge in [-0.1, -0.05) is 42.5 Å². The molecule has 3 aromatic rings. The number of pyridine rings is 2. The van der Waals surface area contributed by atoms with Crippen molar-refractivity contribution in [1.82, 2.24) is 9.97 Å². The number of fused-ring (bicyclic) bond motifs is 1. The zero-order chi connectivity index (χ0) is 16.2. The van der Waals surface area contributed by atoms with Crippen LogP contribution >= 0.6 is 0 Å². The van der Waals surface area contributed by atoms with Crippen molar-refractivity contribution >= 4 is 22.8 Å². The quantitative estimate of drug-likeness (QED) is 0.780. The summed E-state index contributed by atoms with van der Waals surface area (Å²) >= 11 is 0. The lowest BCUT2D eigenvalue weighted by molar-refractivity contribution is 0.954. The molecule has 0 aliphatic heterocycles. The molecule has 23 heavy (non-hydrogen) atoms. The van der Waals surface area contributed by atoms with Gasteiger partial charge < -0.3 is 5.73 Å². The molecule has 3 heteroatoms. The lowest BCUT2D eigenvalue weighted by Crippen LogP contribution is -2.01. The Labute approximate surface area is 136 Å². The number of hydrogen-bond donors (Lipinski definition) is 1. The van der Waals surface area contributed by atoms with Crippen LogP contribution in [0.3, 0.4) is 0 Å². The number of aromatic nitrogens is 2. The highest BCUT2D eigenvalue weighted by Gasteiger charge is 2.10. The molecule has 3 rings (SSSR count). The van der Waals surface area contributed by atoms with E-state index in [9.17, 15) is 0 Å². The molecule has 0 aliphatic carbocycles. The Morgan fingerprint density at radius 1 is 1.09 bits per heavy atom. The second-order valence-corrected chi connectivity index (χ2v) is 5.72. The van der Waals surface area contributed by atoms with Crippen LogP contribution in [0.1, 0.15) is 29.3 Å². The summed E-state index contributed by atoms with van der Waals surface area (Å²) < 4.78 is 0. The largest absolute Gasteiger partial charge is 0.382 e. The zero-order valence-corrected chi connectivity index (χ0v) is 13.6. The highest BCUT2D eigenvalue weighted by atomic mass is 14.9. The molecule has 0 fully saturated rings. The Bertz CT molecular complexity index is 852. The van der Waals surface area contributed by atoms with E-state index in [1.165, 1.54) is 11.1 Å². The minimum Gasteiger partial charge on any atom is -0.382 e. The van der Waals surface area contributed by atoms with E-state index >= 15 is 0 Å². The first-order valence-corrected chi connectivity index (χ1v) is 7.90. The van der Waals surface area contributed by atoms with Crippen LogP contribution < -0.4 is 5.73 Å². The standard InChI is InChI=1S/C20H21N3/c1-3-7-17-14(2)23-20(21)19-18(17)12-16(13-22-19)11-10-15-8-5-4-6-9-15/h3-9,12-13H,10-11H2,1-2H3,(H2,21,23)/b7-3-. The molecule has 116 valence electrons. The van der Waals surface area contributed by atoms with Gasteiger partial charge in [0, 0.05) is 22.8 Å². The Balaban J connectivity index is 1.98. The normalized spacial score (nSPS) is 11.4. The zero-order valence-electron chi connectivity index (χ0n) is 13.6. The molecule has 0 atom stereocenters. The summed E-state index contributed by atoms with van der Waals surface area (Å²) in [6.07, 6.45) is 7.98. The van der Waals surface area contributed by atoms with E-state index < -0.39 is 0 Å². The van der Waals surface area contributed by atoms with Crippen LogP contribution in [0, 0.1) is 6.92 Å². The first kappa shape index (κ1) is 15.2. The molecule has 0 saturated heterocycles. The van der Waals surface area contributed by atoms with E-state index in [4.69, 9.17) is 5.73 Å². The van der Waals surface area contributed by atoms with Crippen molar-refractivity contribution in [2.75, 3.05) is 5.73 Å². The number of allylic oxidation sites excluding steroid dienone is 1. The van der Waals surface area contributed by atoms with Crippen LogP contribution in [0.15, 0.2) is 48.7 Å². The SMILES string of the molecule is C/C=C\c1c(C)nc(N)c2ncc(CCc3ccccc3)cc12. The predicted molar refractivity (Wildman–Crippen MR) is 97.2 cm³/mol. The molecule has 0 spiro atoms. The summed E-state index contributed by atoms with van der Waals surface area (Å²) in [6, 6.07) is 12.7. The molecule has 0 aliphatic rings. The average Bonchev–Trinajstić information content (AvgIpc) is 2.57. The Morgan fingerprint density at radius 2 is 1.83 bits per heavy atom. The van der Waals surface area contributed by atoms with Gasteiger partial charge in [0.2, 0.25) is 0 Å². The van der Waals surface area contributed by atoms with Crippen molar-refractivity contribution in [1.29, 1.82) is 0 Å². The number of rotatable bonds is 4. The lowest BCUT2D eigenvalue weighted by atomic mass is 10.0. The first-order valence-electron chi connectivity index (χ1n) is 7.90. The summed E-state index contributed by atoms with van der Waals surface area (Å²) in [6.45, 7) is 4.00. The molecule has 2 heterocycles. The van der Waals surface area contributed by atoms with Gasteiger partial charge >= 0.3 is 0 Å². The summed E-state index contributed by atoms with van der Waals surface area (Å²) in [5.74, 6) is 0.500. The topological polar surface area (TPSA) is 51.8 Å². The van der Waals surface area contributed by atoms with Crippen LogP contribution in [0.4, 0.5) is 5.82 Å². The van der Waals surface area contributed by atoms with E-state index in [0.717, 1.165) is 35.0 Å². The highest BCUT2D eigenvalue weighted by Crippen LogP contribution is 2.26. The molecule has 0 radical (unpaired) electrons. The van der Waals surface area contributed by atoms with Gasteiger partial charge in [-0.25, -0.2) is 4.98 Å². The Hall–Kier alpha value is -2.68. The molecule has 2 aromatic heterocycles. The second-order valence-electron chi connectivity index (χ2n) is 5.72. The molecule has 0 unspecified atom stereocenters. The van der Waals surface area contributed by atoms with E-state index in [1.54, 1.807) is 0 Å². The van der Waals surface area contributed by atoms with Crippen LogP contribution in [-0.4, -0.2) is 9.97 Å². The van der Waals surface area contributed by atoms with Gasteiger partial charge in [-0.05, 0) is 43.9 Å². The summed E-state index contributed by atoms with van der Waals surface area (Å²) in [5, 5.41) is 1.08. The van der Waals surface area contributed by atoms with Gasteiger partial charge in [0.05, 0.1) is 0 Å². The average molecular weight is 303 g/mol. The maximum atomic E-state index is 6.04. The minimum absolute atomic E-state index is 0.500. The third-order valence-electron chi connectivity index (χ3n) is 4.03. The molecule has 1 aromatic carbocycles. The molecular formula is C20H21N3. The van der Waals surface area contributed by atoms with Gasteiger partial charge in [0.1, 0.15) is 11.3 Å². The number of aryl methyl sites for hydroxylation is 3. The number of anilines is 1. The number of hydrogen-bond acceptors (Lipinski definition) is 3. The summed E-state index contributed by atoms with van der Waals surface area (Å²) in [7, 11) is 0. The fourth-order valence-electron chi connectivity index (χ4n) is 2.85. The summed E-state index contributed by atoms with van der Waals surface area (Å²) in [5.41, 5.74) is 11.4. The van der Waals surface area contributed by atoms with Gasteiger partial charge in [-0.2, -0.15) is 0 Å². The number of nitrogens with zero attached hydrogens (tertiary/aromatic N) is 2. The fraction of sp³-hybridized carbons (Fsp3) is 0.200. The number of nitrogen functional groups attached to an aromatic ring is 1. The molecule has 0 amide bonds. The van der Waals surface area contributed by atoms with Gasteiger partial charge in [0.25, 0.3) is 0 Å². The van der Waals surface area contributed by atoms with Crippen molar-refractivity contribution in [2.24, 2.45) is 0 Å². The van der Waals surface area contributed by atoms with E-state index in [2.05, 4.69) is 46.4 Å². The lowest BCUT2D eigenvalue weighted by Gasteiger charge is -2.10. The van der Waals surface area contributed by atoms with Crippen molar-refractivity contribution < 1.29 is 0 Å². The third-order valence-corrected chi connectivity index (χ3v) is 4.03. The van der Waals surface area contributed by atoms with Crippen LogP contribution in [0.25, 0.3) is 17.0 Å².